The number of nitrogens with one attached hydrogen (secondary N) is 2. The number of rotatable bonds is 5. The molecule has 0 saturated heterocycles. The Labute approximate surface area is 113 Å². The smallest absolute Gasteiger partial charge is 0.352 e. The Balaban J connectivity index is 2.11. The minimum absolute atomic E-state index is 0.0697. The van der Waals surface area contributed by atoms with Crippen LogP contribution in [-0.2, 0) is 16.6 Å². The van der Waals surface area contributed by atoms with Crippen LogP contribution in [0.1, 0.15) is 21.2 Å². The lowest BCUT2D eigenvalue weighted by molar-refractivity contribution is 0.0691. The number of hydrogen-bond acceptors (Lipinski definition) is 5. The number of thiazole rings is 1. The predicted octanol–water partition coefficient (Wildman–Crippen LogP) is 0.956. The number of H-pyrrole nitrogens is 1. The van der Waals surface area contributed by atoms with Gasteiger partial charge in [0, 0.05) is 11.6 Å². The predicted molar refractivity (Wildman–Crippen MR) is 68.6 cm³/mol. The van der Waals surface area contributed by atoms with Crippen LogP contribution in [0.4, 0.5) is 0 Å². The third kappa shape index (κ3) is 3.19. The van der Waals surface area contributed by atoms with Gasteiger partial charge in [0.05, 0.1) is 17.2 Å². The number of sulfonamides is 1. The van der Waals surface area contributed by atoms with Crippen molar-refractivity contribution in [2.24, 2.45) is 0 Å². The molecule has 0 bridgehead atoms. The SMILES string of the molecule is Cc1nc(CNS(=O)(=O)c2c[nH]c(C(=O)O)c2)cs1. The van der Waals surface area contributed by atoms with E-state index in [0.717, 1.165) is 17.3 Å². The fraction of sp³-hybridized carbons (Fsp3) is 0.200. The molecule has 2 aromatic rings. The lowest BCUT2D eigenvalue weighted by atomic mass is 10.4. The average molecular weight is 301 g/mol. The minimum atomic E-state index is -3.74. The van der Waals surface area contributed by atoms with Crippen LogP contribution in [0.2, 0.25) is 0 Å². The Bertz CT molecular complexity index is 702. The highest BCUT2D eigenvalue weighted by Gasteiger charge is 2.18. The van der Waals surface area contributed by atoms with Crippen molar-refractivity contribution >= 4 is 27.3 Å². The van der Waals surface area contributed by atoms with Gasteiger partial charge in [-0.1, -0.05) is 0 Å². The third-order valence-corrected chi connectivity index (χ3v) is 4.51. The van der Waals surface area contributed by atoms with Crippen molar-refractivity contribution in [1.82, 2.24) is 14.7 Å². The average Bonchev–Trinajstić information content (AvgIpc) is 2.95. The van der Waals surface area contributed by atoms with Crippen molar-refractivity contribution in [1.29, 1.82) is 0 Å². The summed E-state index contributed by atoms with van der Waals surface area (Å²) in [6.07, 6.45) is 1.14. The van der Waals surface area contributed by atoms with Gasteiger partial charge in [-0.3, -0.25) is 0 Å². The van der Waals surface area contributed by atoms with Gasteiger partial charge in [-0.15, -0.1) is 11.3 Å². The van der Waals surface area contributed by atoms with Crippen LogP contribution in [-0.4, -0.2) is 29.5 Å². The van der Waals surface area contributed by atoms with E-state index in [1.807, 2.05) is 6.92 Å². The zero-order chi connectivity index (χ0) is 14.0. The quantitative estimate of drug-likeness (QED) is 0.761. The van der Waals surface area contributed by atoms with Gasteiger partial charge in [0.2, 0.25) is 10.0 Å². The number of aromatic amines is 1. The van der Waals surface area contributed by atoms with Gasteiger partial charge in [-0.2, -0.15) is 0 Å². The molecule has 19 heavy (non-hydrogen) atoms. The van der Waals surface area contributed by atoms with Gasteiger partial charge in [0.25, 0.3) is 0 Å². The van der Waals surface area contributed by atoms with Crippen LogP contribution >= 0.6 is 11.3 Å². The fourth-order valence-electron chi connectivity index (χ4n) is 1.39. The molecule has 3 N–H and O–H groups in total. The highest BCUT2D eigenvalue weighted by molar-refractivity contribution is 7.89. The monoisotopic (exact) mass is 301 g/mol. The lowest BCUT2D eigenvalue weighted by Gasteiger charge is -2.02. The van der Waals surface area contributed by atoms with E-state index < -0.39 is 16.0 Å². The first kappa shape index (κ1) is 13.7. The standard InChI is InChI=1S/C10H11N3O4S2/c1-6-13-7(5-18-6)3-12-19(16,17)8-2-9(10(14)15)11-4-8/h2,4-5,11-12H,3H2,1H3,(H,14,15). The normalized spacial score (nSPS) is 11.6. The first-order chi connectivity index (χ1) is 8.88. The Morgan fingerprint density at radius 2 is 2.32 bits per heavy atom. The summed E-state index contributed by atoms with van der Waals surface area (Å²) < 4.78 is 26.2. The molecular weight excluding hydrogens is 290 g/mol. The molecule has 0 radical (unpaired) electrons. The van der Waals surface area contributed by atoms with Crippen molar-refractivity contribution in [3.8, 4) is 0 Å². The molecule has 0 aliphatic rings. The molecule has 9 heteroatoms. The molecule has 0 atom stereocenters. The minimum Gasteiger partial charge on any atom is -0.477 e. The van der Waals surface area contributed by atoms with Crippen molar-refractivity contribution < 1.29 is 18.3 Å². The third-order valence-electron chi connectivity index (χ3n) is 2.31. The zero-order valence-electron chi connectivity index (χ0n) is 9.87. The molecule has 0 aromatic carbocycles. The summed E-state index contributed by atoms with van der Waals surface area (Å²) in [6.45, 7) is 1.90. The molecule has 2 heterocycles. The Hall–Kier alpha value is -1.71. The zero-order valence-corrected chi connectivity index (χ0v) is 11.5. The number of carboxylic acids is 1. The van der Waals surface area contributed by atoms with Crippen LogP contribution in [0.25, 0.3) is 0 Å². The van der Waals surface area contributed by atoms with Crippen molar-refractivity contribution in [3.05, 3.63) is 34.0 Å². The van der Waals surface area contributed by atoms with E-state index in [9.17, 15) is 13.2 Å². The molecule has 2 rings (SSSR count). The Kier molecular flexibility index (Phi) is 3.69. The molecule has 102 valence electrons. The van der Waals surface area contributed by atoms with Gasteiger partial charge in [-0.25, -0.2) is 22.9 Å². The van der Waals surface area contributed by atoms with E-state index in [1.165, 1.54) is 11.3 Å². The van der Waals surface area contributed by atoms with Crippen LogP contribution in [0.15, 0.2) is 22.5 Å². The second-order valence-corrected chi connectivity index (χ2v) is 6.57. The molecule has 0 amide bonds. The summed E-state index contributed by atoms with van der Waals surface area (Å²) >= 11 is 1.43. The van der Waals surface area contributed by atoms with Gasteiger partial charge in [-0.05, 0) is 13.0 Å². The number of nitrogens with zero attached hydrogens (tertiary/aromatic N) is 1. The number of carboxylic acid groups (broad SMARTS) is 1. The molecule has 0 spiro atoms. The van der Waals surface area contributed by atoms with E-state index in [4.69, 9.17) is 5.11 Å². The van der Waals surface area contributed by atoms with E-state index >= 15 is 0 Å². The number of hydrogen-bond donors (Lipinski definition) is 3. The van der Waals surface area contributed by atoms with Gasteiger partial charge in [0.1, 0.15) is 10.6 Å². The Morgan fingerprint density at radius 3 is 2.84 bits per heavy atom. The van der Waals surface area contributed by atoms with Gasteiger partial charge in [0.15, 0.2) is 0 Å². The van der Waals surface area contributed by atoms with Crippen molar-refractivity contribution in [3.63, 3.8) is 0 Å². The van der Waals surface area contributed by atoms with Gasteiger partial charge < -0.3 is 10.1 Å². The Morgan fingerprint density at radius 1 is 1.58 bits per heavy atom. The topological polar surface area (TPSA) is 112 Å². The van der Waals surface area contributed by atoms with Crippen LogP contribution in [0.3, 0.4) is 0 Å². The van der Waals surface area contributed by atoms with E-state index in [1.54, 1.807) is 5.38 Å². The first-order valence-electron chi connectivity index (χ1n) is 5.21. The summed E-state index contributed by atoms with van der Waals surface area (Å²) in [5.74, 6) is -1.21. The molecule has 2 aromatic heterocycles. The summed E-state index contributed by atoms with van der Waals surface area (Å²) in [4.78, 5) is 17.1. The highest BCUT2D eigenvalue weighted by Crippen LogP contribution is 2.12. The van der Waals surface area contributed by atoms with Crippen LogP contribution < -0.4 is 4.72 Å². The molecule has 7 nitrogen and oxygen atoms in total. The molecule has 0 unspecified atom stereocenters. The molecule has 0 fully saturated rings. The summed E-state index contributed by atoms with van der Waals surface area (Å²) in [6, 6.07) is 1.07. The molecule has 0 aliphatic carbocycles. The number of aromatic nitrogens is 2. The molecule has 0 aliphatic heterocycles. The largest absolute Gasteiger partial charge is 0.477 e. The summed E-state index contributed by atoms with van der Waals surface area (Å²) in [5.41, 5.74) is 0.449. The maximum absolute atomic E-state index is 11.9. The van der Waals surface area contributed by atoms with Crippen LogP contribution in [0.5, 0.6) is 0 Å². The first-order valence-corrected chi connectivity index (χ1v) is 7.57. The summed E-state index contributed by atoms with van der Waals surface area (Å²) in [7, 11) is -3.74. The lowest BCUT2D eigenvalue weighted by Crippen LogP contribution is -2.23. The molecule has 0 saturated carbocycles. The van der Waals surface area contributed by atoms with Crippen LogP contribution in [0, 0.1) is 6.92 Å². The van der Waals surface area contributed by atoms with E-state index in [0.29, 0.717) is 5.69 Å². The van der Waals surface area contributed by atoms with Gasteiger partial charge >= 0.3 is 5.97 Å². The maximum atomic E-state index is 11.9. The second kappa shape index (κ2) is 5.11. The highest BCUT2D eigenvalue weighted by atomic mass is 32.2. The van der Waals surface area contributed by atoms with E-state index in [-0.39, 0.29) is 17.1 Å². The van der Waals surface area contributed by atoms with Crippen molar-refractivity contribution in [2.45, 2.75) is 18.4 Å². The van der Waals surface area contributed by atoms with E-state index in [2.05, 4.69) is 14.7 Å². The second-order valence-electron chi connectivity index (χ2n) is 3.74. The summed E-state index contributed by atoms with van der Waals surface area (Å²) in [5, 5.41) is 11.3. The maximum Gasteiger partial charge on any atom is 0.352 e. The number of aryl methyl sites for hydroxylation is 1. The molecular formula is C10H11N3O4S2. The number of carbonyl (C=O) groups is 1. The number of aromatic carboxylic acids is 1. The van der Waals surface area contributed by atoms with Crippen molar-refractivity contribution in [2.75, 3.05) is 0 Å². The fourth-order valence-corrected chi connectivity index (χ4v) is 3.00.